The number of nitrogens with zero attached hydrogens (tertiary/aromatic N) is 2. The van der Waals surface area contributed by atoms with Crippen LogP contribution in [0.25, 0.3) is 0 Å². The normalized spacial score (nSPS) is 19.0. The number of rotatable bonds is 6. The van der Waals surface area contributed by atoms with Crippen LogP contribution in [0.3, 0.4) is 0 Å². The Balaban J connectivity index is 1.49. The Hall–Kier alpha value is -2.38. The fraction of sp³-hybridized carbons (Fsp3) is 0.524. The lowest BCUT2D eigenvalue weighted by Crippen LogP contribution is -2.35. The average Bonchev–Trinajstić information content (AvgIpc) is 3.36. The summed E-state index contributed by atoms with van der Waals surface area (Å²) in [6, 6.07) is 9.99. The molecule has 1 saturated heterocycles. The second kappa shape index (κ2) is 8.32. The molecule has 0 N–H and O–H groups in total. The van der Waals surface area contributed by atoms with Crippen molar-refractivity contribution in [1.29, 1.82) is 0 Å². The second-order valence-corrected chi connectivity index (χ2v) is 7.16. The third kappa shape index (κ3) is 4.05. The Labute approximate surface area is 164 Å². The lowest BCUT2D eigenvalue weighted by molar-refractivity contribution is -0.181. The van der Waals surface area contributed by atoms with Crippen molar-refractivity contribution < 1.29 is 23.7 Å². The highest BCUT2D eigenvalue weighted by atomic mass is 16.7. The maximum absolute atomic E-state index is 12.4. The predicted octanol–water partition coefficient (Wildman–Crippen LogP) is 3.50. The molecule has 7 nitrogen and oxygen atoms in total. The van der Waals surface area contributed by atoms with Gasteiger partial charge in [-0.15, -0.1) is 5.10 Å². The molecule has 1 spiro atoms. The van der Waals surface area contributed by atoms with Crippen LogP contribution >= 0.6 is 0 Å². The molecule has 2 aliphatic rings. The van der Waals surface area contributed by atoms with Gasteiger partial charge < -0.3 is 18.9 Å². The first-order valence-electron chi connectivity index (χ1n) is 9.90. The van der Waals surface area contributed by atoms with Crippen LogP contribution in [0.5, 0.6) is 5.88 Å². The molecule has 1 aromatic carbocycles. The molecule has 2 heterocycles. The molecule has 7 heteroatoms. The highest BCUT2D eigenvalue weighted by molar-refractivity contribution is 5.91. The Morgan fingerprint density at radius 1 is 1.21 bits per heavy atom. The average molecular weight is 386 g/mol. The standard InChI is InChI=1S/C21H26N2O5/c1-2-25-20(24)18-14-23(17-8-10-21(11-9-17)27-12-13-28-21)22-19(18)26-15-16-6-4-3-5-7-16/h3-7,14,17H,2,8-13,15H2,1H3. The summed E-state index contributed by atoms with van der Waals surface area (Å²) in [4.78, 5) is 12.4. The zero-order chi connectivity index (χ0) is 19.4. The van der Waals surface area contributed by atoms with Gasteiger partial charge in [0, 0.05) is 19.0 Å². The van der Waals surface area contributed by atoms with Gasteiger partial charge in [0.2, 0.25) is 5.88 Å². The van der Waals surface area contributed by atoms with Gasteiger partial charge in [-0.3, -0.25) is 4.68 Å². The van der Waals surface area contributed by atoms with Crippen molar-refractivity contribution in [2.24, 2.45) is 0 Å². The monoisotopic (exact) mass is 386 g/mol. The van der Waals surface area contributed by atoms with E-state index in [1.165, 1.54) is 0 Å². The third-order valence-electron chi connectivity index (χ3n) is 5.32. The molecule has 1 aliphatic carbocycles. The Kier molecular flexibility index (Phi) is 5.64. The summed E-state index contributed by atoms with van der Waals surface area (Å²) in [5, 5.41) is 4.58. The molecule has 0 unspecified atom stereocenters. The van der Waals surface area contributed by atoms with E-state index in [0.717, 1.165) is 31.2 Å². The molecule has 0 bridgehead atoms. The Bertz CT molecular complexity index is 788. The minimum absolute atomic E-state index is 0.181. The summed E-state index contributed by atoms with van der Waals surface area (Å²) in [5.41, 5.74) is 1.38. The van der Waals surface area contributed by atoms with Crippen LogP contribution in [0.4, 0.5) is 0 Å². The van der Waals surface area contributed by atoms with Crippen molar-refractivity contribution in [3.63, 3.8) is 0 Å². The van der Waals surface area contributed by atoms with E-state index in [9.17, 15) is 4.79 Å². The van der Waals surface area contributed by atoms with E-state index in [1.54, 1.807) is 13.1 Å². The van der Waals surface area contributed by atoms with E-state index in [-0.39, 0.29) is 6.04 Å². The number of carbonyl (C=O) groups excluding carboxylic acids is 1. The van der Waals surface area contributed by atoms with Gasteiger partial charge >= 0.3 is 5.97 Å². The molecule has 1 aromatic heterocycles. The van der Waals surface area contributed by atoms with E-state index in [0.29, 0.717) is 37.9 Å². The van der Waals surface area contributed by atoms with Crippen LogP contribution < -0.4 is 4.74 Å². The highest BCUT2D eigenvalue weighted by Crippen LogP contribution is 2.40. The van der Waals surface area contributed by atoms with Gasteiger partial charge in [0.05, 0.1) is 25.9 Å². The number of hydrogen-bond acceptors (Lipinski definition) is 6. The fourth-order valence-electron chi connectivity index (χ4n) is 3.84. The molecule has 0 radical (unpaired) electrons. The van der Waals surface area contributed by atoms with E-state index < -0.39 is 11.8 Å². The van der Waals surface area contributed by atoms with Gasteiger partial charge in [0.1, 0.15) is 12.2 Å². The van der Waals surface area contributed by atoms with Crippen molar-refractivity contribution in [2.75, 3.05) is 19.8 Å². The minimum Gasteiger partial charge on any atom is -0.471 e. The number of esters is 1. The second-order valence-electron chi connectivity index (χ2n) is 7.16. The van der Waals surface area contributed by atoms with Crippen LogP contribution in [0.1, 0.15) is 54.6 Å². The third-order valence-corrected chi connectivity index (χ3v) is 5.32. The number of carbonyl (C=O) groups is 1. The summed E-state index contributed by atoms with van der Waals surface area (Å²) < 4.78 is 24.5. The van der Waals surface area contributed by atoms with Crippen molar-refractivity contribution in [3.05, 3.63) is 47.7 Å². The molecule has 2 aromatic rings. The Morgan fingerprint density at radius 2 is 1.93 bits per heavy atom. The summed E-state index contributed by atoms with van der Waals surface area (Å²) in [7, 11) is 0. The first kappa shape index (κ1) is 19.0. The number of aromatic nitrogens is 2. The minimum atomic E-state index is -0.416. The molecule has 28 heavy (non-hydrogen) atoms. The van der Waals surface area contributed by atoms with Gasteiger partial charge in [0.15, 0.2) is 5.79 Å². The van der Waals surface area contributed by atoms with Gasteiger partial charge in [0.25, 0.3) is 0 Å². The summed E-state index contributed by atoms with van der Waals surface area (Å²) in [5.74, 6) is -0.511. The largest absolute Gasteiger partial charge is 0.471 e. The molecular weight excluding hydrogens is 360 g/mol. The first-order valence-corrected chi connectivity index (χ1v) is 9.90. The zero-order valence-electron chi connectivity index (χ0n) is 16.1. The summed E-state index contributed by atoms with van der Waals surface area (Å²) in [6.45, 7) is 3.77. The molecule has 150 valence electrons. The van der Waals surface area contributed by atoms with Crippen LogP contribution in [-0.4, -0.2) is 41.4 Å². The zero-order valence-corrected chi connectivity index (χ0v) is 16.1. The van der Waals surface area contributed by atoms with Crippen LogP contribution in [0, 0.1) is 0 Å². The number of hydrogen-bond donors (Lipinski definition) is 0. The molecule has 4 rings (SSSR count). The van der Waals surface area contributed by atoms with E-state index in [2.05, 4.69) is 5.10 Å². The van der Waals surface area contributed by atoms with Crippen LogP contribution in [0.15, 0.2) is 36.5 Å². The summed E-state index contributed by atoms with van der Waals surface area (Å²) >= 11 is 0. The lowest BCUT2D eigenvalue weighted by Gasteiger charge is -2.35. The highest BCUT2D eigenvalue weighted by Gasteiger charge is 2.41. The topological polar surface area (TPSA) is 71.8 Å². The maximum Gasteiger partial charge on any atom is 0.345 e. The van der Waals surface area contributed by atoms with Crippen molar-refractivity contribution in [2.45, 2.75) is 51.0 Å². The van der Waals surface area contributed by atoms with Crippen molar-refractivity contribution >= 4 is 5.97 Å². The van der Waals surface area contributed by atoms with Gasteiger partial charge in [-0.2, -0.15) is 0 Å². The smallest absolute Gasteiger partial charge is 0.345 e. The van der Waals surface area contributed by atoms with Crippen molar-refractivity contribution in [1.82, 2.24) is 9.78 Å². The molecule has 1 saturated carbocycles. The SMILES string of the molecule is CCOC(=O)c1cn(C2CCC3(CC2)OCCO3)nc1OCc1ccccc1. The number of ether oxygens (including phenoxy) is 4. The van der Waals surface area contributed by atoms with E-state index in [4.69, 9.17) is 18.9 Å². The van der Waals surface area contributed by atoms with Gasteiger partial charge in [-0.1, -0.05) is 30.3 Å². The molecular formula is C21H26N2O5. The van der Waals surface area contributed by atoms with E-state index >= 15 is 0 Å². The van der Waals surface area contributed by atoms with Gasteiger partial charge in [-0.05, 0) is 25.3 Å². The molecule has 0 atom stereocenters. The van der Waals surface area contributed by atoms with Gasteiger partial charge in [-0.25, -0.2) is 4.79 Å². The van der Waals surface area contributed by atoms with Crippen LogP contribution in [-0.2, 0) is 20.8 Å². The molecule has 1 aliphatic heterocycles. The number of benzene rings is 1. The molecule has 0 amide bonds. The fourth-order valence-corrected chi connectivity index (χ4v) is 3.84. The maximum atomic E-state index is 12.4. The molecule has 2 fully saturated rings. The van der Waals surface area contributed by atoms with Crippen molar-refractivity contribution in [3.8, 4) is 5.88 Å². The van der Waals surface area contributed by atoms with Crippen LogP contribution in [0.2, 0.25) is 0 Å². The first-order chi connectivity index (χ1) is 13.7. The predicted molar refractivity (Wildman–Crippen MR) is 101 cm³/mol. The summed E-state index contributed by atoms with van der Waals surface area (Å²) in [6.07, 6.45) is 5.15. The quantitative estimate of drug-likeness (QED) is 0.708. The van der Waals surface area contributed by atoms with E-state index in [1.807, 2.05) is 35.0 Å². The Morgan fingerprint density at radius 3 is 2.61 bits per heavy atom. The lowest BCUT2D eigenvalue weighted by atomic mass is 9.90.